The molecule has 0 aliphatic heterocycles. The van der Waals surface area contributed by atoms with Crippen molar-refractivity contribution in [3.8, 4) is 11.5 Å². The number of carbonyl (C=O) groups excluding carboxylic acids is 1. The smallest absolute Gasteiger partial charge is 0.433 e. The summed E-state index contributed by atoms with van der Waals surface area (Å²) in [6.45, 7) is -0.745. The van der Waals surface area contributed by atoms with Gasteiger partial charge in [-0.15, -0.1) is 0 Å². The number of hydrogen-bond donors (Lipinski definition) is 1. The Kier molecular flexibility index (Phi) is 6.36. The number of carbonyl (C=O) groups is 1. The van der Waals surface area contributed by atoms with Gasteiger partial charge in [-0.2, -0.15) is 5.10 Å². The number of furan rings is 1. The molecule has 0 spiro atoms. The Morgan fingerprint density at radius 1 is 1.17 bits per heavy atom. The number of nitrogens with one attached hydrogen (secondary N) is 1. The van der Waals surface area contributed by atoms with Crippen molar-refractivity contribution in [3.05, 3.63) is 60.4 Å². The first-order chi connectivity index (χ1) is 13.7. The zero-order valence-electron chi connectivity index (χ0n) is 14.5. The van der Waals surface area contributed by atoms with Gasteiger partial charge in [0.15, 0.2) is 18.1 Å². The largest absolute Gasteiger partial charge is 0.492 e. The molecule has 0 saturated carbocycles. The fourth-order valence-electron chi connectivity index (χ4n) is 1.96. The second kappa shape index (κ2) is 8.89. The van der Waals surface area contributed by atoms with Crippen LogP contribution in [0.3, 0.4) is 0 Å². The van der Waals surface area contributed by atoms with Crippen LogP contribution >= 0.6 is 0 Å². The van der Waals surface area contributed by atoms with E-state index in [2.05, 4.69) is 5.10 Å². The number of nitro groups is 3. The van der Waals surface area contributed by atoms with Crippen LogP contribution in [-0.2, 0) is 4.79 Å². The van der Waals surface area contributed by atoms with Gasteiger partial charge >= 0.3 is 11.6 Å². The molecule has 1 N–H and O–H groups in total. The van der Waals surface area contributed by atoms with Crippen LogP contribution < -0.4 is 14.9 Å². The van der Waals surface area contributed by atoms with Crippen LogP contribution in [0.5, 0.6) is 11.5 Å². The SMILES string of the molecule is COc1cc([N+](=O)[O-])cc([N+](=O)[O-])c1OCC(=O)N/N=C\c1ccc([N+](=O)[O-])o1. The van der Waals surface area contributed by atoms with E-state index in [0.29, 0.717) is 6.07 Å². The minimum atomic E-state index is -0.926. The molecular formula is C14H11N5O10. The molecule has 1 aromatic heterocycles. The highest BCUT2D eigenvalue weighted by molar-refractivity contribution is 5.81. The van der Waals surface area contributed by atoms with Gasteiger partial charge in [-0.25, -0.2) is 5.43 Å². The van der Waals surface area contributed by atoms with Crippen molar-refractivity contribution < 1.29 is 33.5 Å². The van der Waals surface area contributed by atoms with Gasteiger partial charge in [0.25, 0.3) is 11.6 Å². The van der Waals surface area contributed by atoms with Gasteiger partial charge in [0, 0.05) is 0 Å². The quantitative estimate of drug-likeness (QED) is 0.359. The van der Waals surface area contributed by atoms with Crippen molar-refractivity contribution in [2.75, 3.05) is 13.7 Å². The summed E-state index contributed by atoms with van der Waals surface area (Å²) >= 11 is 0. The molecule has 1 heterocycles. The number of amides is 1. The number of rotatable bonds is 9. The lowest BCUT2D eigenvalue weighted by molar-refractivity contribution is -0.402. The van der Waals surface area contributed by atoms with E-state index in [0.717, 1.165) is 25.5 Å². The first-order valence-electron chi connectivity index (χ1n) is 7.42. The summed E-state index contributed by atoms with van der Waals surface area (Å²) < 4.78 is 14.7. The normalized spacial score (nSPS) is 10.5. The van der Waals surface area contributed by atoms with Crippen LogP contribution in [0.2, 0.25) is 0 Å². The van der Waals surface area contributed by atoms with E-state index in [-0.39, 0.29) is 11.5 Å². The molecule has 1 aromatic carbocycles. The first kappa shape index (κ1) is 20.7. The van der Waals surface area contributed by atoms with Crippen LogP contribution in [0.1, 0.15) is 5.76 Å². The molecule has 152 valence electrons. The first-order valence-corrected chi connectivity index (χ1v) is 7.42. The molecule has 0 fully saturated rings. The van der Waals surface area contributed by atoms with Gasteiger partial charge in [0.2, 0.25) is 5.75 Å². The van der Waals surface area contributed by atoms with Gasteiger partial charge in [0.1, 0.15) is 4.92 Å². The lowest BCUT2D eigenvalue weighted by Gasteiger charge is -2.10. The number of methoxy groups -OCH3 is 1. The molecule has 0 radical (unpaired) electrons. The molecule has 0 aliphatic rings. The summed E-state index contributed by atoms with van der Waals surface area (Å²) in [5, 5.41) is 36.0. The average molecular weight is 409 g/mol. The molecule has 0 saturated heterocycles. The highest BCUT2D eigenvalue weighted by Crippen LogP contribution is 2.40. The Morgan fingerprint density at radius 3 is 2.45 bits per heavy atom. The minimum absolute atomic E-state index is 0.00871. The van der Waals surface area contributed by atoms with Crippen molar-refractivity contribution in [2.24, 2.45) is 5.10 Å². The Bertz CT molecular complexity index is 999. The lowest BCUT2D eigenvalue weighted by atomic mass is 10.2. The highest BCUT2D eigenvalue weighted by Gasteiger charge is 2.27. The monoisotopic (exact) mass is 409 g/mol. The molecule has 29 heavy (non-hydrogen) atoms. The second-order valence-corrected chi connectivity index (χ2v) is 5.03. The Morgan fingerprint density at radius 2 is 1.90 bits per heavy atom. The molecule has 2 rings (SSSR count). The summed E-state index contributed by atoms with van der Waals surface area (Å²) in [7, 11) is 1.11. The van der Waals surface area contributed by atoms with Gasteiger partial charge < -0.3 is 13.9 Å². The van der Waals surface area contributed by atoms with Crippen molar-refractivity contribution in [3.63, 3.8) is 0 Å². The van der Waals surface area contributed by atoms with Gasteiger partial charge in [0.05, 0.1) is 41.4 Å². The molecule has 2 aromatic rings. The zero-order chi connectivity index (χ0) is 21.6. The highest BCUT2D eigenvalue weighted by atomic mass is 16.7. The standard InChI is InChI=1S/C14H11N5O10/c1-27-11-5-8(17(21)22)4-10(18(23)24)14(11)28-7-12(20)16-15-6-9-2-3-13(29-9)19(25)26/h2-6H,7H2,1H3,(H,16,20)/b15-6-. The van der Waals surface area contributed by atoms with E-state index < -0.39 is 50.3 Å². The second-order valence-electron chi connectivity index (χ2n) is 5.03. The molecular weight excluding hydrogens is 398 g/mol. The third kappa shape index (κ3) is 5.22. The molecule has 1 amide bonds. The third-order valence-electron chi connectivity index (χ3n) is 3.17. The van der Waals surface area contributed by atoms with Crippen LogP contribution in [-0.4, -0.2) is 40.6 Å². The maximum atomic E-state index is 11.8. The van der Waals surface area contributed by atoms with Gasteiger partial charge in [-0.3, -0.25) is 35.1 Å². The molecule has 15 heteroatoms. The van der Waals surface area contributed by atoms with Gasteiger partial charge in [-0.05, 0) is 6.07 Å². The lowest BCUT2D eigenvalue weighted by Crippen LogP contribution is -2.25. The molecule has 0 unspecified atom stereocenters. The summed E-state index contributed by atoms with van der Waals surface area (Å²) in [6, 6.07) is 3.90. The summed E-state index contributed by atoms with van der Waals surface area (Å²) in [5.74, 6) is -2.17. The number of non-ortho nitro benzene ring substituents is 1. The van der Waals surface area contributed by atoms with Crippen LogP contribution in [0.15, 0.2) is 33.8 Å². The van der Waals surface area contributed by atoms with Crippen molar-refractivity contribution in [1.29, 1.82) is 0 Å². The number of ether oxygens (including phenoxy) is 2. The Labute approximate surface area is 160 Å². The van der Waals surface area contributed by atoms with E-state index in [1.807, 2.05) is 5.43 Å². The Balaban J connectivity index is 2.07. The number of hydrazone groups is 1. The molecule has 0 bridgehead atoms. The molecule has 0 atom stereocenters. The number of nitro benzene ring substituents is 2. The molecule has 15 nitrogen and oxygen atoms in total. The van der Waals surface area contributed by atoms with Crippen LogP contribution in [0, 0.1) is 30.3 Å². The minimum Gasteiger partial charge on any atom is -0.492 e. The van der Waals surface area contributed by atoms with Crippen LogP contribution in [0.4, 0.5) is 17.3 Å². The predicted octanol–water partition coefficient (Wildman–Crippen LogP) is 1.54. The summed E-state index contributed by atoms with van der Waals surface area (Å²) in [4.78, 5) is 41.7. The summed E-state index contributed by atoms with van der Waals surface area (Å²) in [5.41, 5.74) is 0.649. The maximum absolute atomic E-state index is 11.8. The average Bonchev–Trinajstić information content (AvgIpc) is 3.14. The van der Waals surface area contributed by atoms with E-state index in [9.17, 15) is 35.1 Å². The number of nitrogens with zero attached hydrogens (tertiary/aromatic N) is 4. The maximum Gasteiger partial charge on any atom is 0.433 e. The fourth-order valence-corrected chi connectivity index (χ4v) is 1.96. The van der Waals surface area contributed by atoms with Crippen molar-refractivity contribution in [1.82, 2.24) is 5.43 Å². The number of benzene rings is 1. The molecule has 0 aliphatic carbocycles. The summed E-state index contributed by atoms with van der Waals surface area (Å²) in [6.07, 6.45) is 0.986. The van der Waals surface area contributed by atoms with E-state index in [4.69, 9.17) is 13.9 Å². The van der Waals surface area contributed by atoms with E-state index in [1.54, 1.807) is 0 Å². The third-order valence-corrected chi connectivity index (χ3v) is 3.17. The van der Waals surface area contributed by atoms with E-state index >= 15 is 0 Å². The predicted molar refractivity (Wildman–Crippen MR) is 92.9 cm³/mol. The van der Waals surface area contributed by atoms with Gasteiger partial charge in [-0.1, -0.05) is 0 Å². The topological polar surface area (TPSA) is 202 Å². The zero-order valence-corrected chi connectivity index (χ0v) is 14.5. The number of hydrogen-bond acceptors (Lipinski definition) is 11. The fraction of sp³-hybridized carbons (Fsp3) is 0.143. The van der Waals surface area contributed by atoms with E-state index in [1.165, 1.54) is 6.07 Å². The van der Waals surface area contributed by atoms with Crippen molar-refractivity contribution >= 4 is 29.4 Å². The van der Waals surface area contributed by atoms with Crippen LogP contribution in [0.25, 0.3) is 0 Å². The van der Waals surface area contributed by atoms with Crippen molar-refractivity contribution in [2.45, 2.75) is 0 Å². The Hall–Kier alpha value is -4.56.